The van der Waals surface area contributed by atoms with E-state index in [1.165, 1.54) is 7.11 Å². The first kappa shape index (κ1) is 60.0. The molecule has 3 aliphatic rings. The third-order valence-corrected chi connectivity index (χ3v) is 18.5. The molecule has 8 rings (SSSR count). The second kappa shape index (κ2) is 26.7. The fourth-order valence-electron chi connectivity index (χ4n) is 12.1. The summed E-state index contributed by atoms with van der Waals surface area (Å²) in [4.78, 5) is 61.3. The molecule has 3 aliphatic carbocycles. The van der Waals surface area contributed by atoms with Crippen LogP contribution in [0.25, 0.3) is 0 Å². The first-order valence-corrected chi connectivity index (χ1v) is 31.3. The second-order valence-corrected chi connectivity index (χ2v) is 28.7. The Balaban J connectivity index is 1.37. The predicted octanol–water partition coefficient (Wildman–Crippen LogP) is 11.3. The minimum Gasteiger partial charge on any atom is -0.497 e. The summed E-state index contributed by atoms with van der Waals surface area (Å²) in [5.74, 6) is -3.58. The zero-order chi connectivity index (χ0) is 57.0. The lowest BCUT2D eigenvalue weighted by Gasteiger charge is -2.59. The van der Waals surface area contributed by atoms with Gasteiger partial charge in [0.2, 0.25) is 0 Å². The van der Waals surface area contributed by atoms with Gasteiger partial charge in [-0.1, -0.05) is 131 Å². The third kappa shape index (κ3) is 13.5. The second-order valence-electron chi connectivity index (χ2n) is 23.1. The van der Waals surface area contributed by atoms with Gasteiger partial charge < -0.3 is 52.1 Å². The number of carbonyl (C=O) groups excluding carboxylic acids is 4. The van der Waals surface area contributed by atoms with E-state index in [2.05, 4.69) is 19.6 Å². The number of methoxy groups -OCH3 is 2. The number of hydrogen-bond donors (Lipinski definition) is 0. The molecule has 0 aliphatic heterocycles. The van der Waals surface area contributed by atoms with E-state index < -0.39 is 90.9 Å². The van der Waals surface area contributed by atoms with E-state index in [-0.39, 0.29) is 75.3 Å². The molecule has 9 atom stereocenters. The molecule has 0 N–H and O–H groups in total. The van der Waals surface area contributed by atoms with Gasteiger partial charge >= 0.3 is 17.9 Å². The Morgan fingerprint density at radius 2 is 1.19 bits per heavy atom. The topological polar surface area (TPSA) is 170 Å². The van der Waals surface area contributed by atoms with Crippen LogP contribution in [0.15, 0.2) is 146 Å². The van der Waals surface area contributed by atoms with Crippen LogP contribution in [0.1, 0.15) is 88.7 Å². The highest BCUT2D eigenvalue weighted by atomic mass is 28.3. The Kier molecular flexibility index (Phi) is 20.0. The largest absolute Gasteiger partial charge is 0.497 e. The Morgan fingerprint density at radius 3 is 1.79 bits per heavy atom. The van der Waals surface area contributed by atoms with E-state index in [9.17, 15) is 9.59 Å². The van der Waals surface area contributed by atoms with Crippen LogP contribution in [0.4, 0.5) is 0 Å². The number of carbonyl (C=O) groups is 4. The summed E-state index contributed by atoms with van der Waals surface area (Å²) in [6, 6.07) is 43.7. The molecule has 3 fully saturated rings. The van der Waals surface area contributed by atoms with Crippen molar-refractivity contribution in [1.82, 2.24) is 0 Å². The number of rotatable bonds is 25. The van der Waals surface area contributed by atoms with Gasteiger partial charge in [0.25, 0.3) is 0 Å². The third-order valence-electron chi connectivity index (χ3n) is 16.8. The van der Waals surface area contributed by atoms with Gasteiger partial charge in [0, 0.05) is 45.5 Å². The van der Waals surface area contributed by atoms with Crippen LogP contribution in [-0.4, -0.2) is 115 Å². The van der Waals surface area contributed by atoms with Gasteiger partial charge in [-0.25, -0.2) is 14.4 Å². The molecule has 2 bridgehead atoms. The number of hydrogen-bond acceptors (Lipinski definition) is 15. The molecule has 5 aromatic rings. The Labute approximate surface area is 471 Å². The summed E-state index contributed by atoms with van der Waals surface area (Å²) >= 11 is 0. The van der Waals surface area contributed by atoms with E-state index in [4.69, 9.17) is 52.1 Å². The maximum Gasteiger partial charge on any atom is 0.338 e. The van der Waals surface area contributed by atoms with Crippen molar-refractivity contribution in [3.63, 3.8) is 0 Å². The predicted molar refractivity (Wildman–Crippen MR) is 301 cm³/mol. The van der Waals surface area contributed by atoms with Crippen molar-refractivity contribution < 1.29 is 71.3 Å². The molecule has 0 saturated heterocycles. The lowest BCUT2D eigenvalue weighted by molar-refractivity contribution is -0.297. The normalized spacial score (nSPS) is 26.2. The van der Waals surface area contributed by atoms with Gasteiger partial charge in [-0.3, -0.25) is 4.79 Å². The average Bonchev–Trinajstić information content (AvgIpc) is 3.98. The van der Waals surface area contributed by atoms with Gasteiger partial charge in [0.1, 0.15) is 50.5 Å². The number of fused-ring (bicyclic) bond motifs is 3. The molecule has 15 nitrogen and oxygen atoms in total. The molecule has 0 radical (unpaired) electrons. The van der Waals surface area contributed by atoms with E-state index in [0.29, 0.717) is 18.8 Å². The van der Waals surface area contributed by atoms with Crippen LogP contribution >= 0.6 is 0 Å². The minimum atomic E-state index is -1.83. The smallest absolute Gasteiger partial charge is 0.338 e. The molecular formula is C64H78O15Si. The lowest BCUT2D eigenvalue weighted by Crippen LogP contribution is -2.71. The number of esters is 3. The highest BCUT2D eigenvalue weighted by Crippen LogP contribution is 2.63. The van der Waals surface area contributed by atoms with E-state index in [0.717, 1.165) is 17.2 Å². The van der Waals surface area contributed by atoms with Crippen molar-refractivity contribution in [1.29, 1.82) is 0 Å². The molecule has 3 saturated carbocycles. The zero-order valence-electron chi connectivity index (χ0n) is 47.4. The number of ketones is 1. The Morgan fingerprint density at radius 1 is 0.600 bits per heavy atom. The van der Waals surface area contributed by atoms with Gasteiger partial charge in [0.15, 0.2) is 11.4 Å². The van der Waals surface area contributed by atoms with E-state index in [1.807, 2.05) is 75.4 Å². The Bertz CT molecular complexity index is 2790. The maximum absolute atomic E-state index is 16.9. The first-order valence-electron chi connectivity index (χ1n) is 27.6. The maximum atomic E-state index is 16.9. The van der Waals surface area contributed by atoms with Crippen molar-refractivity contribution in [3.05, 3.63) is 173 Å². The molecule has 5 aromatic carbocycles. The van der Waals surface area contributed by atoms with Crippen molar-refractivity contribution in [2.45, 2.75) is 121 Å². The number of benzene rings is 5. The lowest BCUT2D eigenvalue weighted by atomic mass is 9.53. The monoisotopic (exact) mass is 1110 g/mol. The molecular weight excluding hydrogens is 1040 g/mol. The minimum absolute atomic E-state index is 0.00491. The molecule has 0 spiro atoms. The molecule has 80 heavy (non-hydrogen) atoms. The molecule has 0 aromatic heterocycles. The summed E-state index contributed by atoms with van der Waals surface area (Å²) in [7, 11) is 1.45. The van der Waals surface area contributed by atoms with Crippen LogP contribution < -0.4 is 4.74 Å². The van der Waals surface area contributed by atoms with Crippen LogP contribution in [0.3, 0.4) is 0 Å². The van der Waals surface area contributed by atoms with Gasteiger partial charge in [-0.15, -0.1) is 0 Å². The highest BCUT2D eigenvalue weighted by Gasteiger charge is 2.73. The SMILES string of the molecule is COCO[C@H]1C(=O)[C@]2(C)[C@@H](OCOCc3ccccc3)C[C@@H](OCc3ccc(OC)cc3)[C@](COC(=O)c3ccccc3)(OCOCC[Si](C)(C)C)[C@H]2C[C@H](OC(=O)c2ccccc2)[C@]2(OC(=O)c3ccccc3)CC[C@H]1C2(C)C. The highest BCUT2D eigenvalue weighted by molar-refractivity contribution is 6.76. The van der Waals surface area contributed by atoms with Crippen LogP contribution in [0.5, 0.6) is 5.75 Å². The molecule has 0 amide bonds. The molecule has 16 heteroatoms. The summed E-state index contributed by atoms with van der Waals surface area (Å²) in [6.07, 6.45) is -4.41. The van der Waals surface area contributed by atoms with Crippen molar-refractivity contribution in [2.24, 2.45) is 22.7 Å². The van der Waals surface area contributed by atoms with Gasteiger partial charge in [0.05, 0.1) is 54.6 Å². The van der Waals surface area contributed by atoms with Gasteiger partial charge in [-0.2, -0.15) is 0 Å². The number of Topliss-reactive ketones (excluding diaryl/α,β-unsaturated/α-hetero) is 1. The summed E-state index contributed by atoms with van der Waals surface area (Å²) in [5.41, 5.74) is -3.85. The molecule has 0 heterocycles. The van der Waals surface area contributed by atoms with Crippen LogP contribution in [-0.2, 0) is 65.4 Å². The van der Waals surface area contributed by atoms with E-state index >= 15 is 9.59 Å². The summed E-state index contributed by atoms with van der Waals surface area (Å²) < 4.78 is 72.5. The summed E-state index contributed by atoms with van der Waals surface area (Å²) in [6.45, 7) is 11.7. The quantitative estimate of drug-likeness (QED) is 0.0178. The average molecular weight is 1120 g/mol. The van der Waals surface area contributed by atoms with Crippen molar-refractivity contribution in [3.8, 4) is 5.75 Å². The zero-order valence-corrected chi connectivity index (χ0v) is 48.4. The molecule has 0 unspecified atom stereocenters. The fourth-order valence-corrected chi connectivity index (χ4v) is 12.9. The molecule has 428 valence electrons. The summed E-state index contributed by atoms with van der Waals surface area (Å²) in [5, 5.41) is 0. The van der Waals surface area contributed by atoms with Crippen LogP contribution in [0, 0.1) is 22.7 Å². The standard InChI is InChI=1S/C64H78O15Si/c1-61(2)51-33-34-64(61,79-60(68)49-27-19-12-20-28-49)55(78-59(67)48-25-17-11-18-26-48)37-52-62(3,57(65)56(51)76-42-69-4)53(75-43-72-39-45-21-13-9-14-22-45)38-54(73-40-46-29-31-50(70-5)32-30-46)63(52,77-44-71-35-36-80(6,7)8)41-74-58(66)47-23-15-10-16-24-47/h9-32,51-56H,33-44H2,1-8H3/t51-,52+,53+,54-,55+,56-,62+,63-,64-/m1/s1. The van der Waals surface area contributed by atoms with Gasteiger partial charge in [-0.05, 0) is 91.9 Å². The van der Waals surface area contributed by atoms with Crippen LogP contribution in [0.2, 0.25) is 25.7 Å². The van der Waals surface area contributed by atoms with E-state index in [1.54, 1.807) is 98.1 Å². The fraction of sp³-hybridized carbons (Fsp3) is 0.469. The van der Waals surface area contributed by atoms with Crippen molar-refractivity contribution >= 4 is 31.8 Å². The first-order chi connectivity index (χ1) is 38.5. The van der Waals surface area contributed by atoms with Crippen molar-refractivity contribution in [2.75, 3.05) is 47.8 Å². The Hall–Kier alpha value is -6.08. The number of ether oxygens (including phenoxy) is 11.